The van der Waals surface area contributed by atoms with Gasteiger partial charge in [-0.15, -0.1) is 0 Å². The van der Waals surface area contributed by atoms with Gasteiger partial charge in [0, 0.05) is 27.9 Å². The Morgan fingerprint density at radius 1 is 0.441 bits per heavy atom. The lowest BCUT2D eigenvalue weighted by atomic mass is 10.4. The summed E-state index contributed by atoms with van der Waals surface area (Å²) in [7, 11) is -3.05. The molecule has 0 bridgehead atoms. The summed E-state index contributed by atoms with van der Waals surface area (Å²) in [5.41, 5.74) is 0. The van der Waals surface area contributed by atoms with E-state index in [4.69, 9.17) is 13.5 Å². The molecule has 0 aliphatic carbocycles. The Labute approximate surface area is 203 Å². The summed E-state index contributed by atoms with van der Waals surface area (Å²) in [5, 5.41) is 4.72. The lowest BCUT2D eigenvalue weighted by molar-refractivity contribution is 0.672. The van der Waals surface area contributed by atoms with Crippen molar-refractivity contribution in [3.8, 4) is 0 Å². The summed E-state index contributed by atoms with van der Waals surface area (Å²) in [6.07, 6.45) is 0. The average Bonchev–Trinajstić information content (AvgIpc) is 2.90. The second-order valence-electron chi connectivity index (χ2n) is 8.53. The predicted molar refractivity (Wildman–Crippen MR) is 152 cm³/mol. The van der Waals surface area contributed by atoms with Gasteiger partial charge in [-0.1, -0.05) is 121 Å². The predicted octanol–water partition coefficient (Wildman–Crippen LogP) is 6.76. The fraction of sp³-hybridized carbons (Fsp3) is 0.111. The third-order valence-corrected chi connectivity index (χ3v) is 18.5. The smallest absolute Gasteiger partial charge is 0.143 e. The Morgan fingerprint density at radius 3 is 1.03 bits per heavy atom. The van der Waals surface area contributed by atoms with Gasteiger partial charge in [0.2, 0.25) is 0 Å². The molecule has 5 rings (SSSR count). The van der Waals surface area contributed by atoms with Crippen LogP contribution in [-0.2, 0) is 0 Å². The van der Waals surface area contributed by atoms with Crippen molar-refractivity contribution in [2.75, 3.05) is 20.8 Å². The Hall–Kier alpha value is -2.47. The van der Waals surface area contributed by atoms with E-state index in [2.05, 4.69) is 147 Å². The molecule has 1 aliphatic heterocycles. The van der Waals surface area contributed by atoms with Gasteiger partial charge >= 0.3 is 0 Å². The maximum Gasteiger partial charge on any atom is 0.143 e. The lowest BCUT2D eigenvalue weighted by Crippen LogP contribution is -2.22. The normalized spacial score (nSPS) is 20.6. The molecule has 4 aromatic rings. The Morgan fingerprint density at radius 2 is 0.735 bits per heavy atom. The van der Waals surface area contributed by atoms with Crippen LogP contribution in [0.2, 0.25) is 0 Å². The van der Waals surface area contributed by atoms with E-state index in [1.807, 2.05) is 0 Å². The second kappa shape index (κ2) is 9.29. The highest BCUT2D eigenvalue weighted by atomic mass is 31.3. The van der Waals surface area contributed by atoms with Gasteiger partial charge in [-0.25, -0.2) is 13.5 Å². The van der Waals surface area contributed by atoms with Crippen LogP contribution in [0.4, 0.5) is 0 Å². The van der Waals surface area contributed by atoms with Crippen molar-refractivity contribution in [3.63, 3.8) is 0 Å². The molecule has 0 radical (unpaired) electrons. The van der Waals surface area contributed by atoms with E-state index in [1.54, 1.807) is 0 Å². The number of hydrogen-bond acceptors (Lipinski definition) is 4. The maximum absolute atomic E-state index is 5.89. The van der Waals surface area contributed by atoms with E-state index in [0.717, 1.165) is 0 Å². The fourth-order valence-corrected chi connectivity index (χ4v) is 18.5. The van der Waals surface area contributed by atoms with E-state index < -0.39 is 21.8 Å². The summed E-state index contributed by atoms with van der Waals surface area (Å²) in [4.78, 5) is 0. The SMILES string of the molecule is CN(C)P1(C)=NP(c2ccccc2)(c2ccccc2)=NP(c2ccccc2)(c2ccccc2)=N1. The molecule has 4 nitrogen and oxygen atoms in total. The van der Waals surface area contributed by atoms with Crippen LogP contribution in [0.15, 0.2) is 135 Å². The fourth-order valence-electron chi connectivity index (χ4n) is 4.15. The molecule has 0 saturated carbocycles. The molecule has 172 valence electrons. The molecule has 0 saturated heterocycles. The molecule has 1 unspecified atom stereocenters. The van der Waals surface area contributed by atoms with Gasteiger partial charge < -0.3 is 0 Å². The van der Waals surface area contributed by atoms with Crippen LogP contribution in [0.3, 0.4) is 0 Å². The Kier molecular flexibility index (Phi) is 6.36. The first-order chi connectivity index (χ1) is 16.5. The minimum absolute atomic E-state index is 1.18. The zero-order valence-electron chi connectivity index (χ0n) is 19.7. The first-order valence-electron chi connectivity index (χ1n) is 11.3. The average molecular weight is 502 g/mol. The standard InChI is InChI=1S/C27H29N4P3/c1-31(2)32(3)28-33(24-16-8-4-9-17-24,25-18-10-5-11-19-25)30-34(29-32,26-20-12-6-13-21-26)27-22-14-7-15-23-27/h4-23H,1-3H3. The van der Waals surface area contributed by atoms with Gasteiger partial charge in [-0.05, 0) is 14.1 Å². The quantitative estimate of drug-likeness (QED) is 0.278. The first kappa shape index (κ1) is 23.3. The number of rotatable bonds is 5. The monoisotopic (exact) mass is 502 g/mol. The summed E-state index contributed by atoms with van der Waals surface area (Å²) < 4.78 is 19.5. The van der Waals surface area contributed by atoms with Gasteiger partial charge in [0.05, 0.1) is 0 Å². The largest absolute Gasteiger partial charge is 0.259 e. The van der Waals surface area contributed by atoms with Crippen molar-refractivity contribution < 1.29 is 0 Å². The van der Waals surface area contributed by atoms with Crippen molar-refractivity contribution in [1.29, 1.82) is 0 Å². The topological polar surface area (TPSA) is 40.3 Å². The lowest BCUT2D eigenvalue weighted by Gasteiger charge is -2.38. The van der Waals surface area contributed by atoms with Gasteiger partial charge in [0.1, 0.15) is 21.8 Å². The Balaban J connectivity index is 2.04. The van der Waals surface area contributed by atoms with Crippen LogP contribution < -0.4 is 21.2 Å². The van der Waals surface area contributed by atoms with Gasteiger partial charge in [0.15, 0.2) is 0 Å². The molecule has 34 heavy (non-hydrogen) atoms. The summed E-state index contributed by atoms with van der Waals surface area (Å²) in [6, 6.07) is 42.7. The van der Waals surface area contributed by atoms with Crippen LogP contribution in [0.25, 0.3) is 0 Å². The number of hydrogen-bond donors (Lipinski definition) is 0. The zero-order chi connectivity index (χ0) is 23.7. The van der Waals surface area contributed by atoms with Gasteiger partial charge in [-0.2, -0.15) is 0 Å². The highest BCUT2D eigenvalue weighted by molar-refractivity contribution is 7.96. The molecule has 0 spiro atoms. The van der Waals surface area contributed by atoms with E-state index in [1.165, 1.54) is 21.2 Å². The highest BCUT2D eigenvalue weighted by Gasteiger charge is 2.39. The third-order valence-electron chi connectivity index (χ3n) is 6.08. The van der Waals surface area contributed by atoms with Crippen molar-refractivity contribution >= 4 is 43.0 Å². The first-order valence-corrected chi connectivity index (χ1v) is 16.8. The van der Waals surface area contributed by atoms with Crippen molar-refractivity contribution in [3.05, 3.63) is 121 Å². The van der Waals surface area contributed by atoms with Gasteiger partial charge in [-0.3, -0.25) is 4.67 Å². The molecule has 7 heteroatoms. The van der Waals surface area contributed by atoms with Crippen molar-refractivity contribution in [2.24, 2.45) is 13.5 Å². The summed E-state index contributed by atoms with van der Waals surface area (Å²) in [6.45, 7) is 2.24. The zero-order valence-corrected chi connectivity index (χ0v) is 22.4. The summed E-state index contributed by atoms with van der Waals surface area (Å²) >= 11 is 0. The minimum Gasteiger partial charge on any atom is -0.259 e. The van der Waals surface area contributed by atoms with E-state index >= 15 is 0 Å². The molecule has 0 aromatic heterocycles. The highest BCUT2D eigenvalue weighted by Crippen LogP contribution is 2.76. The van der Waals surface area contributed by atoms with E-state index in [0.29, 0.717) is 0 Å². The van der Waals surface area contributed by atoms with Crippen LogP contribution >= 0.6 is 21.8 Å². The minimum atomic E-state index is -2.51. The molecule has 0 amide bonds. The molecule has 0 fully saturated rings. The van der Waals surface area contributed by atoms with Crippen LogP contribution in [0.5, 0.6) is 0 Å². The molecule has 1 heterocycles. The molecule has 1 aliphatic rings. The van der Waals surface area contributed by atoms with E-state index in [-0.39, 0.29) is 0 Å². The number of nitrogens with zero attached hydrogens (tertiary/aromatic N) is 4. The van der Waals surface area contributed by atoms with Crippen LogP contribution in [0, 0.1) is 0 Å². The van der Waals surface area contributed by atoms with Gasteiger partial charge in [0.25, 0.3) is 0 Å². The summed E-state index contributed by atoms with van der Waals surface area (Å²) in [5.74, 6) is 0. The van der Waals surface area contributed by atoms with Crippen molar-refractivity contribution in [1.82, 2.24) is 4.67 Å². The molecule has 1 atom stereocenters. The molecule has 4 aromatic carbocycles. The molecular formula is C27H29N4P3. The van der Waals surface area contributed by atoms with E-state index in [9.17, 15) is 0 Å². The van der Waals surface area contributed by atoms with Crippen LogP contribution in [0.1, 0.15) is 0 Å². The maximum atomic E-state index is 5.89. The second-order valence-corrected chi connectivity index (χ2v) is 17.7. The van der Waals surface area contributed by atoms with Crippen molar-refractivity contribution in [2.45, 2.75) is 0 Å². The van der Waals surface area contributed by atoms with Crippen LogP contribution in [-0.4, -0.2) is 25.4 Å². The Bertz CT molecular complexity index is 1280. The molecule has 0 N–H and O–H groups in total. The third kappa shape index (κ3) is 4.00. The number of benzene rings is 4. The molecular weight excluding hydrogens is 473 g/mol.